The van der Waals surface area contributed by atoms with Gasteiger partial charge in [0.05, 0.1) is 5.02 Å². The van der Waals surface area contributed by atoms with Crippen LogP contribution in [0.25, 0.3) is 10.8 Å². The molecule has 0 aliphatic rings. The molecule has 0 aliphatic heterocycles. The van der Waals surface area contributed by atoms with Gasteiger partial charge >= 0.3 is 0 Å². The molecule has 2 aromatic rings. The Kier molecular flexibility index (Phi) is 2.26. The van der Waals surface area contributed by atoms with Gasteiger partial charge in [0.25, 0.3) is 0 Å². The second kappa shape index (κ2) is 3.43. The van der Waals surface area contributed by atoms with Crippen molar-refractivity contribution in [2.75, 3.05) is 0 Å². The third-order valence-electron chi connectivity index (χ3n) is 2.35. The third-order valence-corrected chi connectivity index (χ3v) is 2.85. The van der Waals surface area contributed by atoms with Crippen molar-refractivity contribution in [2.24, 2.45) is 0 Å². The molecule has 1 nitrogen and oxygen atoms in total. The molecular formula is C12H9ClO. The summed E-state index contributed by atoms with van der Waals surface area (Å²) in [6.07, 6.45) is 0.855. The number of aldehydes is 1. The highest BCUT2D eigenvalue weighted by molar-refractivity contribution is 6.36. The Labute approximate surface area is 87.3 Å². The maximum atomic E-state index is 10.8. The van der Waals surface area contributed by atoms with Crippen molar-refractivity contribution in [3.05, 3.63) is 46.5 Å². The molecule has 70 valence electrons. The van der Waals surface area contributed by atoms with E-state index in [-0.39, 0.29) is 0 Å². The van der Waals surface area contributed by atoms with E-state index in [2.05, 4.69) is 0 Å². The van der Waals surface area contributed by atoms with E-state index >= 15 is 0 Å². The van der Waals surface area contributed by atoms with Gasteiger partial charge in [-0.2, -0.15) is 0 Å². The van der Waals surface area contributed by atoms with Gasteiger partial charge in [0.1, 0.15) is 0 Å². The van der Waals surface area contributed by atoms with Gasteiger partial charge in [-0.3, -0.25) is 4.79 Å². The maximum absolute atomic E-state index is 10.8. The molecule has 2 aromatic carbocycles. The fourth-order valence-corrected chi connectivity index (χ4v) is 1.78. The van der Waals surface area contributed by atoms with Gasteiger partial charge in [0.15, 0.2) is 6.29 Å². The largest absolute Gasteiger partial charge is 0.298 e. The van der Waals surface area contributed by atoms with Crippen LogP contribution >= 0.6 is 11.6 Å². The minimum Gasteiger partial charge on any atom is -0.298 e. The zero-order chi connectivity index (χ0) is 10.1. The van der Waals surface area contributed by atoms with Gasteiger partial charge in [0.2, 0.25) is 0 Å². The number of halogens is 1. The van der Waals surface area contributed by atoms with Crippen LogP contribution in [0.3, 0.4) is 0 Å². The first-order chi connectivity index (χ1) is 6.74. The van der Waals surface area contributed by atoms with Gasteiger partial charge in [-0.05, 0) is 17.9 Å². The lowest BCUT2D eigenvalue weighted by Crippen LogP contribution is -1.85. The molecule has 0 bridgehead atoms. The average Bonchev–Trinajstić information content (AvgIpc) is 2.23. The number of hydrogen-bond donors (Lipinski definition) is 0. The Bertz CT molecular complexity index is 503. The van der Waals surface area contributed by atoms with Crippen LogP contribution in [-0.4, -0.2) is 6.29 Å². The van der Waals surface area contributed by atoms with Crippen molar-refractivity contribution in [1.29, 1.82) is 0 Å². The summed E-state index contributed by atoms with van der Waals surface area (Å²) in [6, 6.07) is 9.42. The van der Waals surface area contributed by atoms with Crippen molar-refractivity contribution < 1.29 is 4.79 Å². The number of fused-ring (bicyclic) bond motifs is 1. The van der Waals surface area contributed by atoms with Gasteiger partial charge in [-0.25, -0.2) is 0 Å². The summed E-state index contributed by atoms with van der Waals surface area (Å²) >= 11 is 6.14. The van der Waals surface area contributed by atoms with Crippen LogP contribution in [0.2, 0.25) is 5.02 Å². The van der Waals surface area contributed by atoms with E-state index in [9.17, 15) is 4.79 Å². The summed E-state index contributed by atoms with van der Waals surface area (Å²) in [5, 5.41) is 2.58. The molecular weight excluding hydrogens is 196 g/mol. The molecule has 2 heteroatoms. The molecule has 0 aliphatic carbocycles. The van der Waals surface area contributed by atoms with Crippen molar-refractivity contribution in [3.63, 3.8) is 0 Å². The summed E-state index contributed by atoms with van der Waals surface area (Å²) in [6.45, 7) is 1.95. The fourth-order valence-electron chi connectivity index (χ4n) is 1.56. The Morgan fingerprint density at radius 1 is 1.14 bits per heavy atom. The first-order valence-electron chi connectivity index (χ1n) is 4.37. The molecule has 0 N–H and O–H groups in total. The smallest absolute Gasteiger partial charge is 0.150 e. The topological polar surface area (TPSA) is 17.1 Å². The number of carbonyl (C=O) groups excluding carboxylic acids is 1. The molecule has 14 heavy (non-hydrogen) atoms. The van der Waals surface area contributed by atoms with Crippen LogP contribution in [-0.2, 0) is 0 Å². The summed E-state index contributed by atoms with van der Waals surface area (Å²) in [5.74, 6) is 0. The quantitative estimate of drug-likeness (QED) is 0.649. The van der Waals surface area contributed by atoms with E-state index in [0.29, 0.717) is 5.56 Å². The lowest BCUT2D eigenvalue weighted by Gasteiger charge is -2.05. The first kappa shape index (κ1) is 9.22. The van der Waals surface area contributed by atoms with Crippen molar-refractivity contribution in [1.82, 2.24) is 0 Å². The van der Waals surface area contributed by atoms with E-state index < -0.39 is 0 Å². The predicted octanol–water partition coefficient (Wildman–Crippen LogP) is 3.61. The molecule has 0 saturated heterocycles. The predicted molar refractivity (Wildman–Crippen MR) is 59.1 cm³/mol. The highest BCUT2D eigenvalue weighted by Crippen LogP contribution is 2.28. The Morgan fingerprint density at radius 3 is 2.64 bits per heavy atom. The van der Waals surface area contributed by atoms with Crippen molar-refractivity contribution in [3.8, 4) is 0 Å². The minimum atomic E-state index is 0.685. The monoisotopic (exact) mass is 204 g/mol. The lowest BCUT2D eigenvalue weighted by molar-refractivity contribution is 0.112. The summed E-state index contributed by atoms with van der Waals surface area (Å²) in [5.41, 5.74) is 1.71. The summed E-state index contributed by atoms with van der Waals surface area (Å²) in [7, 11) is 0. The minimum absolute atomic E-state index is 0.685. The molecule has 0 amide bonds. The molecule has 0 spiro atoms. The van der Waals surface area contributed by atoms with Gasteiger partial charge in [0, 0.05) is 10.9 Å². The standard InChI is InChI=1S/C12H9ClO/c1-8-5-6-10-9(7-14)3-2-4-11(10)12(8)13/h2-7H,1H3. The number of carbonyl (C=O) groups is 1. The highest BCUT2D eigenvalue weighted by atomic mass is 35.5. The molecule has 0 fully saturated rings. The van der Waals surface area contributed by atoms with Crippen LogP contribution in [0.15, 0.2) is 30.3 Å². The number of aryl methyl sites for hydroxylation is 1. The first-order valence-corrected chi connectivity index (χ1v) is 4.75. The van der Waals surface area contributed by atoms with E-state index in [4.69, 9.17) is 11.6 Å². The average molecular weight is 205 g/mol. The number of rotatable bonds is 1. The van der Waals surface area contributed by atoms with Crippen LogP contribution in [0.1, 0.15) is 15.9 Å². The molecule has 0 saturated carbocycles. The Balaban J connectivity index is 2.92. The SMILES string of the molecule is Cc1ccc2c(C=O)cccc2c1Cl. The lowest BCUT2D eigenvalue weighted by atomic mass is 10.0. The summed E-state index contributed by atoms with van der Waals surface area (Å²) < 4.78 is 0. The van der Waals surface area contributed by atoms with Crippen molar-refractivity contribution in [2.45, 2.75) is 6.92 Å². The van der Waals surface area contributed by atoms with Gasteiger partial charge < -0.3 is 0 Å². The van der Waals surface area contributed by atoms with Gasteiger partial charge in [-0.1, -0.05) is 41.9 Å². The number of benzene rings is 2. The van der Waals surface area contributed by atoms with E-state index in [1.807, 2.05) is 31.2 Å². The van der Waals surface area contributed by atoms with Crippen molar-refractivity contribution >= 4 is 28.7 Å². The highest BCUT2D eigenvalue weighted by Gasteiger charge is 2.04. The van der Waals surface area contributed by atoms with Gasteiger partial charge in [-0.15, -0.1) is 0 Å². The normalized spacial score (nSPS) is 10.4. The third kappa shape index (κ3) is 1.30. The molecule has 0 aromatic heterocycles. The van der Waals surface area contributed by atoms with Crippen LogP contribution in [0, 0.1) is 6.92 Å². The molecule has 0 atom stereocenters. The van der Waals surface area contributed by atoms with Crippen LogP contribution in [0.4, 0.5) is 0 Å². The molecule has 0 unspecified atom stereocenters. The maximum Gasteiger partial charge on any atom is 0.150 e. The van der Waals surface area contributed by atoms with E-state index in [1.165, 1.54) is 0 Å². The Morgan fingerprint density at radius 2 is 1.93 bits per heavy atom. The second-order valence-electron chi connectivity index (χ2n) is 3.26. The fraction of sp³-hybridized carbons (Fsp3) is 0.0833. The van der Waals surface area contributed by atoms with Crippen LogP contribution < -0.4 is 0 Å². The van der Waals surface area contributed by atoms with Crippen LogP contribution in [0.5, 0.6) is 0 Å². The zero-order valence-electron chi connectivity index (χ0n) is 7.75. The zero-order valence-corrected chi connectivity index (χ0v) is 8.51. The second-order valence-corrected chi connectivity index (χ2v) is 3.63. The molecule has 2 rings (SSSR count). The molecule has 0 heterocycles. The van der Waals surface area contributed by atoms with E-state index in [0.717, 1.165) is 27.6 Å². The number of hydrogen-bond acceptors (Lipinski definition) is 1. The van der Waals surface area contributed by atoms with E-state index in [1.54, 1.807) is 6.07 Å². The summed E-state index contributed by atoms with van der Waals surface area (Å²) in [4.78, 5) is 10.8. The molecule has 0 radical (unpaired) electrons. The Hall–Kier alpha value is -1.34.